The SMILES string of the molecule is Cc1ccc(-c2nc(N)n3nc(C(F)(F)F)nc3c2-c2ccc3[nH]nnc3c2)o1. The molecule has 0 fully saturated rings. The summed E-state index contributed by atoms with van der Waals surface area (Å²) in [6.45, 7) is 1.74. The van der Waals surface area contributed by atoms with E-state index < -0.39 is 12.0 Å². The Labute approximate surface area is 159 Å². The van der Waals surface area contributed by atoms with Crippen LogP contribution in [0.15, 0.2) is 34.7 Å². The van der Waals surface area contributed by atoms with Gasteiger partial charge in [-0.1, -0.05) is 11.3 Å². The van der Waals surface area contributed by atoms with E-state index in [1.807, 2.05) is 0 Å². The molecule has 1 aromatic carbocycles. The van der Waals surface area contributed by atoms with Crippen molar-refractivity contribution in [1.29, 1.82) is 0 Å². The molecule has 0 aliphatic heterocycles. The molecule has 0 spiro atoms. The van der Waals surface area contributed by atoms with Crippen molar-refractivity contribution in [1.82, 2.24) is 35.0 Å². The highest BCUT2D eigenvalue weighted by atomic mass is 19.4. The van der Waals surface area contributed by atoms with Crippen LogP contribution in [-0.4, -0.2) is 35.0 Å². The fourth-order valence-corrected chi connectivity index (χ4v) is 3.08. The monoisotopic (exact) mass is 400 g/mol. The van der Waals surface area contributed by atoms with Crippen molar-refractivity contribution in [3.05, 3.63) is 41.9 Å². The summed E-state index contributed by atoms with van der Waals surface area (Å²) in [5.41, 5.74) is 8.01. The fourth-order valence-electron chi connectivity index (χ4n) is 3.08. The molecule has 0 amide bonds. The molecule has 146 valence electrons. The molecule has 0 saturated heterocycles. The van der Waals surface area contributed by atoms with Gasteiger partial charge >= 0.3 is 6.18 Å². The smallest absolute Gasteiger partial charge is 0.453 e. The van der Waals surface area contributed by atoms with E-state index in [-0.39, 0.29) is 22.9 Å². The maximum atomic E-state index is 13.2. The fraction of sp³-hybridized carbons (Fsp3) is 0.118. The molecule has 4 heterocycles. The maximum Gasteiger partial charge on any atom is 0.453 e. The molecule has 9 nitrogen and oxygen atoms in total. The Hall–Kier alpha value is -3.96. The summed E-state index contributed by atoms with van der Waals surface area (Å²) in [4.78, 5) is 7.96. The predicted molar refractivity (Wildman–Crippen MR) is 95.5 cm³/mol. The van der Waals surface area contributed by atoms with Gasteiger partial charge in [0.05, 0.1) is 11.1 Å². The number of nitrogen functional groups attached to an aromatic ring is 1. The average molecular weight is 400 g/mol. The van der Waals surface area contributed by atoms with E-state index in [0.717, 1.165) is 4.52 Å². The van der Waals surface area contributed by atoms with Crippen LogP contribution in [0.25, 0.3) is 39.3 Å². The molecule has 0 bridgehead atoms. The lowest BCUT2D eigenvalue weighted by atomic mass is 10.0. The van der Waals surface area contributed by atoms with Gasteiger partial charge in [-0.25, -0.2) is 9.97 Å². The molecule has 0 aliphatic rings. The number of hydrogen-bond acceptors (Lipinski definition) is 7. The molecule has 4 aromatic heterocycles. The molecule has 29 heavy (non-hydrogen) atoms. The molecule has 12 heteroatoms. The first-order valence-electron chi connectivity index (χ1n) is 8.33. The summed E-state index contributed by atoms with van der Waals surface area (Å²) in [6.07, 6.45) is -4.74. The van der Waals surface area contributed by atoms with Gasteiger partial charge in [-0.05, 0) is 36.8 Å². The molecule has 5 rings (SSSR count). The Morgan fingerprint density at radius 3 is 2.69 bits per heavy atom. The first-order valence-corrected chi connectivity index (χ1v) is 8.33. The molecular formula is C17H11F3N8O. The Kier molecular flexibility index (Phi) is 3.41. The number of nitrogens with one attached hydrogen (secondary N) is 1. The third-order valence-electron chi connectivity index (χ3n) is 4.35. The molecule has 0 radical (unpaired) electrons. The van der Waals surface area contributed by atoms with E-state index in [2.05, 4.69) is 30.5 Å². The van der Waals surface area contributed by atoms with Crippen LogP contribution in [0.4, 0.5) is 19.1 Å². The van der Waals surface area contributed by atoms with E-state index in [0.29, 0.717) is 28.1 Å². The second-order valence-corrected chi connectivity index (χ2v) is 6.32. The Balaban J connectivity index is 1.89. The number of rotatable bonds is 2. The maximum absolute atomic E-state index is 13.2. The van der Waals surface area contributed by atoms with Crippen molar-refractivity contribution in [2.75, 3.05) is 5.73 Å². The van der Waals surface area contributed by atoms with Gasteiger partial charge in [-0.15, -0.1) is 10.2 Å². The highest BCUT2D eigenvalue weighted by Gasteiger charge is 2.37. The van der Waals surface area contributed by atoms with Crippen molar-refractivity contribution in [2.24, 2.45) is 0 Å². The third-order valence-corrected chi connectivity index (χ3v) is 4.35. The van der Waals surface area contributed by atoms with E-state index in [1.165, 1.54) is 0 Å². The van der Waals surface area contributed by atoms with Crippen LogP contribution < -0.4 is 5.73 Å². The molecule has 0 aliphatic carbocycles. The van der Waals surface area contributed by atoms with Crippen LogP contribution in [0.5, 0.6) is 0 Å². The summed E-state index contributed by atoms with van der Waals surface area (Å²) in [7, 11) is 0. The number of nitrogens with zero attached hydrogens (tertiary/aromatic N) is 6. The first kappa shape index (κ1) is 17.2. The number of H-pyrrole nitrogens is 1. The second-order valence-electron chi connectivity index (χ2n) is 6.32. The van der Waals surface area contributed by atoms with Crippen molar-refractivity contribution >= 4 is 22.6 Å². The minimum Gasteiger partial charge on any atom is -0.460 e. The summed E-state index contributed by atoms with van der Waals surface area (Å²) in [5, 5.41) is 13.9. The third kappa shape index (κ3) is 2.68. The van der Waals surface area contributed by atoms with Gasteiger partial charge in [0.25, 0.3) is 5.82 Å². The summed E-state index contributed by atoms with van der Waals surface area (Å²) >= 11 is 0. The van der Waals surface area contributed by atoms with Gasteiger partial charge in [0.15, 0.2) is 11.4 Å². The van der Waals surface area contributed by atoms with Gasteiger partial charge in [-0.3, -0.25) is 5.10 Å². The minimum atomic E-state index is -4.74. The number of aromatic nitrogens is 7. The Bertz CT molecular complexity index is 1380. The van der Waals surface area contributed by atoms with Crippen molar-refractivity contribution in [3.8, 4) is 22.6 Å². The van der Waals surface area contributed by atoms with Crippen LogP contribution in [0.3, 0.4) is 0 Å². The summed E-state index contributed by atoms with van der Waals surface area (Å²) in [5.74, 6) is -0.625. The molecular weight excluding hydrogens is 389 g/mol. The number of fused-ring (bicyclic) bond motifs is 2. The number of furan rings is 1. The van der Waals surface area contributed by atoms with Gasteiger partial charge in [0, 0.05) is 0 Å². The van der Waals surface area contributed by atoms with Gasteiger partial charge in [0.1, 0.15) is 17.0 Å². The quantitative estimate of drug-likeness (QED) is 0.466. The number of nitrogens with two attached hydrogens (primary N) is 1. The van der Waals surface area contributed by atoms with E-state index >= 15 is 0 Å². The normalized spacial score (nSPS) is 12.3. The van der Waals surface area contributed by atoms with Crippen LogP contribution in [0.2, 0.25) is 0 Å². The van der Waals surface area contributed by atoms with Crippen molar-refractivity contribution in [3.63, 3.8) is 0 Å². The zero-order chi connectivity index (χ0) is 20.3. The Morgan fingerprint density at radius 1 is 1.14 bits per heavy atom. The lowest BCUT2D eigenvalue weighted by Gasteiger charge is -2.10. The number of benzene rings is 1. The van der Waals surface area contributed by atoms with Crippen LogP contribution >= 0.6 is 0 Å². The summed E-state index contributed by atoms with van der Waals surface area (Å²) in [6, 6.07) is 8.43. The molecule has 3 N–H and O–H groups in total. The van der Waals surface area contributed by atoms with E-state index in [9.17, 15) is 13.2 Å². The molecule has 0 unspecified atom stereocenters. The van der Waals surface area contributed by atoms with E-state index in [4.69, 9.17) is 10.2 Å². The number of anilines is 1. The number of halogens is 3. The second kappa shape index (κ2) is 5.77. The van der Waals surface area contributed by atoms with Gasteiger partial charge in [0.2, 0.25) is 5.95 Å². The van der Waals surface area contributed by atoms with Crippen LogP contribution in [0, 0.1) is 6.92 Å². The number of aromatic amines is 1. The summed E-state index contributed by atoms with van der Waals surface area (Å²) < 4.78 is 46.3. The minimum absolute atomic E-state index is 0.100. The van der Waals surface area contributed by atoms with Gasteiger partial charge < -0.3 is 10.2 Å². The molecule has 0 atom stereocenters. The topological polar surface area (TPSA) is 124 Å². The zero-order valence-corrected chi connectivity index (χ0v) is 14.7. The number of aryl methyl sites for hydroxylation is 1. The largest absolute Gasteiger partial charge is 0.460 e. The number of alkyl halides is 3. The standard InChI is InChI=1S/C17H11F3N8O/c1-7-2-5-11(29-7)13-12(8-3-4-9-10(6-8)25-27-24-9)14-23-15(17(18,19)20)26-28(14)16(21)22-13/h2-6H,1H3,(H2,21,22)(H,24,25,27). The Morgan fingerprint density at radius 2 is 1.97 bits per heavy atom. The first-order chi connectivity index (χ1) is 13.8. The van der Waals surface area contributed by atoms with Crippen molar-refractivity contribution < 1.29 is 17.6 Å². The van der Waals surface area contributed by atoms with Gasteiger partial charge in [-0.2, -0.15) is 17.7 Å². The molecule has 0 saturated carbocycles. The van der Waals surface area contributed by atoms with Crippen molar-refractivity contribution in [2.45, 2.75) is 13.1 Å². The van der Waals surface area contributed by atoms with Crippen LogP contribution in [-0.2, 0) is 6.18 Å². The highest BCUT2D eigenvalue weighted by Crippen LogP contribution is 2.37. The lowest BCUT2D eigenvalue weighted by molar-refractivity contribution is -0.144. The zero-order valence-electron chi connectivity index (χ0n) is 14.7. The average Bonchev–Trinajstić information content (AvgIpc) is 3.39. The lowest BCUT2D eigenvalue weighted by Crippen LogP contribution is -2.08. The highest BCUT2D eigenvalue weighted by molar-refractivity contribution is 5.92. The predicted octanol–water partition coefficient (Wildman–Crippen LogP) is 3.23. The van der Waals surface area contributed by atoms with E-state index in [1.54, 1.807) is 37.3 Å². The number of hydrogen-bond donors (Lipinski definition) is 2. The van der Waals surface area contributed by atoms with Crippen LogP contribution in [0.1, 0.15) is 11.6 Å². The molecule has 5 aromatic rings.